The van der Waals surface area contributed by atoms with E-state index in [9.17, 15) is 4.79 Å². The zero-order chi connectivity index (χ0) is 13.9. The molecule has 0 spiro atoms. The molecule has 0 atom stereocenters. The minimum absolute atomic E-state index is 0.0348. The Hall–Kier alpha value is -2.09. The monoisotopic (exact) mass is 253 g/mol. The van der Waals surface area contributed by atoms with Gasteiger partial charge < -0.3 is 5.73 Å². The van der Waals surface area contributed by atoms with Crippen LogP contribution in [-0.2, 0) is 4.79 Å². The summed E-state index contributed by atoms with van der Waals surface area (Å²) in [4.78, 5) is 11.8. The molecule has 2 aromatic rings. The van der Waals surface area contributed by atoms with Crippen molar-refractivity contribution in [3.8, 4) is 0 Å². The van der Waals surface area contributed by atoms with Crippen molar-refractivity contribution >= 4 is 5.91 Å². The molecule has 0 heterocycles. The fourth-order valence-electron chi connectivity index (χ4n) is 2.46. The highest BCUT2D eigenvalue weighted by atomic mass is 16.1. The van der Waals surface area contributed by atoms with Crippen molar-refractivity contribution in [1.29, 1.82) is 0 Å². The third-order valence-electron chi connectivity index (χ3n) is 3.62. The third kappa shape index (κ3) is 2.68. The van der Waals surface area contributed by atoms with E-state index in [0.717, 1.165) is 11.1 Å². The maximum atomic E-state index is 11.8. The Balaban J connectivity index is 2.55. The average molecular weight is 253 g/mol. The van der Waals surface area contributed by atoms with Gasteiger partial charge in [-0.2, -0.15) is 0 Å². The number of benzene rings is 2. The lowest BCUT2D eigenvalue weighted by molar-refractivity contribution is -0.126. The molecule has 0 aliphatic rings. The summed E-state index contributed by atoms with van der Waals surface area (Å²) in [6.45, 7) is 3.81. The molecule has 19 heavy (non-hydrogen) atoms. The zero-order valence-corrected chi connectivity index (χ0v) is 11.3. The third-order valence-corrected chi connectivity index (χ3v) is 3.62. The fourth-order valence-corrected chi connectivity index (χ4v) is 2.46. The summed E-state index contributed by atoms with van der Waals surface area (Å²) in [7, 11) is 0. The Bertz CT molecular complexity index is 506. The number of nitrogens with two attached hydrogens (primary N) is 1. The van der Waals surface area contributed by atoms with Crippen LogP contribution >= 0.6 is 0 Å². The minimum atomic E-state index is -0.636. The maximum absolute atomic E-state index is 11.8. The predicted molar refractivity (Wildman–Crippen MR) is 77.7 cm³/mol. The lowest BCUT2D eigenvalue weighted by Gasteiger charge is -2.32. The summed E-state index contributed by atoms with van der Waals surface area (Å²) in [6.07, 6.45) is 0. The van der Waals surface area contributed by atoms with Gasteiger partial charge in [-0.3, -0.25) is 4.79 Å². The van der Waals surface area contributed by atoms with Gasteiger partial charge in [-0.1, -0.05) is 74.5 Å². The molecule has 0 saturated carbocycles. The lowest BCUT2D eigenvalue weighted by Crippen LogP contribution is -2.37. The van der Waals surface area contributed by atoms with Crippen molar-refractivity contribution in [3.63, 3.8) is 0 Å². The summed E-state index contributed by atoms with van der Waals surface area (Å²) >= 11 is 0. The van der Waals surface area contributed by atoms with Crippen LogP contribution in [0, 0.1) is 5.41 Å². The molecule has 2 N–H and O–H groups in total. The van der Waals surface area contributed by atoms with Gasteiger partial charge in [0, 0.05) is 5.92 Å². The van der Waals surface area contributed by atoms with Crippen LogP contribution in [0.2, 0.25) is 0 Å². The van der Waals surface area contributed by atoms with Gasteiger partial charge >= 0.3 is 0 Å². The highest BCUT2D eigenvalue weighted by Crippen LogP contribution is 2.40. The van der Waals surface area contributed by atoms with Crippen LogP contribution in [0.15, 0.2) is 60.7 Å². The van der Waals surface area contributed by atoms with Gasteiger partial charge in [0.05, 0.1) is 5.41 Å². The van der Waals surface area contributed by atoms with Gasteiger partial charge in [-0.25, -0.2) is 0 Å². The highest BCUT2D eigenvalue weighted by molar-refractivity contribution is 5.82. The van der Waals surface area contributed by atoms with Crippen LogP contribution in [0.3, 0.4) is 0 Å². The van der Waals surface area contributed by atoms with Crippen molar-refractivity contribution in [2.24, 2.45) is 11.1 Å². The van der Waals surface area contributed by atoms with Crippen LogP contribution < -0.4 is 5.73 Å². The standard InChI is InChI=1S/C17H19NO/c1-17(2,16(18)19)15(13-9-5-3-6-10-13)14-11-7-4-8-12-14/h3-12,15H,1-2H3,(H2,18,19). The second-order valence-corrected chi connectivity index (χ2v) is 5.34. The van der Waals surface area contributed by atoms with E-state index in [1.54, 1.807) is 0 Å². The van der Waals surface area contributed by atoms with Crippen molar-refractivity contribution < 1.29 is 4.79 Å². The first-order valence-corrected chi connectivity index (χ1v) is 6.43. The van der Waals surface area contributed by atoms with Crippen molar-refractivity contribution in [1.82, 2.24) is 0 Å². The smallest absolute Gasteiger partial charge is 0.224 e. The average Bonchev–Trinajstić information content (AvgIpc) is 2.41. The number of amides is 1. The van der Waals surface area contributed by atoms with Crippen LogP contribution in [-0.4, -0.2) is 5.91 Å². The predicted octanol–water partition coefficient (Wildman–Crippen LogP) is 3.33. The Morgan fingerprint density at radius 1 is 0.895 bits per heavy atom. The van der Waals surface area contributed by atoms with Gasteiger partial charge in [0.1, 0.15) is 0 Å². The minimum Gasteiger partial charge on any atom is -0.369 e. The number of rotatable bonds is 4. The first kappa shape index (κ1) is 13.3. The Morgan fingerprint density at radius 3 is 1.58 bits per heavy atom. The summed E-state index contributed by atoms with van der Waals surface area (Å²) in [5.41, 5.74) is 7.19. The number of primary amides is 1. The van der Waals surface area contributed by atoms with Crippen LogP contribution in [0.25, 0.3) is 0 Å². The maximum Gasteiger partial charge on any atom is 0.224 e. The molecule has 0 aromatic heterocycles. The molecule has 1 amide bonds. The van der Waals surface area contributed by atoms with E-state index in [-0.39, 0.29) is 11.8 Å². The van der Waals surface area contributed by atoms with Crippen molar-refractivity contribution in [3.05, 3.63) is 71.8 Å². The van der Waals surface area contributed by atoms with E-state index in [0.29, 0.717) is 0 Å². The van der Waals surface area contributed by atoms with E-state index >= 15 is 0 Å². The molecule has 0 unspecified atom stereocenters. The van der Waals surface area contributed by atoms with E-state index in [4.69, 9.17) is 5.73 Å². The number of hydrogen-bond acceptors (Lipinski definition) is 1. The van der Waals surface area contributed by atoms with Crippen LogP contribution in [0.5, 0.6) is 0 Å². The Kier molecular flexibility index (Phi) is 3.70. The van der Waals surface area contributed by atoms with E-state index in [2.05, 4.69) is 0 Å². The Morgan fingerprint density at radius 2 is 1.26 bits per heavy atom. The topological polar surface area (TPSA) is 43.1 Å². The first-order chi connectivity index (χ1) is 9.03. The highest BCUT2D eigenvalue weighted by Gasteiger charge is 2.37. The molecule has 0 aliphatic heterocycles. The molecule has 0 bridgehead atoms. The Labute approximate surface area is 114 Å². The van der Waals surface area contributed by atoms with Gasteiger partial charge in [0.15, 0.2) is 0 Å². The summed E-state index contributed by atoms with van der Waals surface area (Å²) < 4.78 is 0. The van der Waals surface area contributed by atoms with Crippen molar-refractivity contribution in [2.45, 2.75) is 19.8 Å². The molecule has 0 fully saturated rings. The molecule has 2 nitrogen and oxygen atoms in total. The lowest BCUT2D eigenvalue weighted by atomic mass is 9.71. The number of hydrogen-bond donors (Lipinski definition) is 1. The largest absolute Gasteiger partial charge is 0.369 e. The first-order valence-electron chi connectivity index (χ1n) is 6.43. The van der Waals surface area contributed by atoms with Crippen LogP contribution in [0.4, 0.5) is 0 Å². The molecule has 0 saturated heterocycles. The summed E-state index contributed by atoms with van der Waals surface area (Å²) in [5.74, 6) is -0.322. The second kappa shape index (κ2) is 5.27. The fraction of sp³-hybridized carbons (Fsp3) is 0.235. The summed E-state index contributed by atoms with van der Waals surface area (Å²) in [5, 5.41) is 0. The van der Waals surface area contributed by atoms with Crippen LogP contribution in [0.1, 0.15) is 30.9 Å². The molecule has 0 aliphatic carbocycles. The molecular weight excluding hydrogens is 234 g/mol. The zero-order valence-electron chi connectivity index (χ0n) is 11.3. The molecular formula is C17H19NO. The number of carbonyl (C=O) groups is 1. The normalized spacial score (nSPS) is 11.5. The summed E-state index contributed by atoms with van der Waals surface area (Å²) in [6, 6.07) is 20.1. The van der Waals surface area contributed by atoms with E-state index in [1.165, 1.54) is 0 Å². The number of carbonyl (C=O) groups excluding carboxylic acids is 1. The molecule has 0 radical (unpaired) electrons. The molecule has 2 heteroatoms. The van der Waals surface area contributed by atoms with Gasteiger partial charge in [0.2, 0.25) is 5.91 Å². The quantitative estimate of drug-likeness (QED) is 0.892. The second-order valence-electron chi connectivity index (χ2n) is 5.34. The van der Waals surface area contributed by atoms with E-state index in [1.807, 2.05) is 74.5 Å². The molecule has 98 valence electrons. The van der Waals surface area contributed by atoms with Crippen molar-refractivity contribution in [2.75, 3.05) is 0 Å². The van der Waals surface area contributed by atoms with Gasteiger partial charge in [0.25, 0.3) is 0 Å². The van der Waals surface area contributed by atoms with E-state index < -0.39 is 5.41 Å². The molecule has 2 rings (SSSR count). The van der Waals surface area contributed by atoms with Gasteiger partial charge in [-0.15, -0.1) is 0 Å². The SMILES string of the molecule is CC(C)(C(N)=O)C(c1ccccc1)c1ccccc1. The molecule has 2 aromatic carbocycles. The van der Waals surface area contributed by atoms with Gasteiger partial charge in [-0.05, 0) is 11.1 Å².